The van der Waals surface area contributed by atoms with Gasteiger partial charge in [0.2, 0.25) is 0 Å². The topological polar surface area (TPSA) is 96.6 Å². The second kappa shape index (κ2) is 7.30. The minimum atomic E-state index is -3.36. The number of sulfone groups is 1. The van der Waals surface area contributed by atoms with Gasteiger partial charge in [0.15, 0.2) is 9.84 Å². The van der Waals surface area contributed by atoms with Gasteiger partial charge in [-0.05, 0) is 56.1 Å². The van der Waals surface area contributed by atoms with Crippen LogP contribution in [0.3, 0.4) is 0 Å². The molecule has 0 bridgehead atoms. The molecule has 1 fully saturated rings. The van der Waals surface area contributed by atoms with Crippen LogP contribution in [0.25, 0.3) is 0 Å². The molecule has 0 saturated carbocycles. The number of hydrogen-bond donors (Lipinski definition) is 0. The lowest BCUT2D eigenvalue weighted by atomic mass is 10.1. The van der Waals surface area contributed by atoms with Gasteiger partial charge in [0, 0.05) is 26.2 Å². The van der Waals surface area contributed by atoms with E-state index in [4.69, 9.17) is 4.52 Å². The zero-order valence-electron chi connectivity index (χ0n) is 15.9. The summed E-state index contributed by atoms with van der Waals surface area (Å²) in [5, 5.41) is 3.41. The molecule has 1 amide bonds. The summed E-state index contributed by atoms with van der Waals surface area (Å²) in [7, 11) is 0.276. The third-order valence-corrected chi connectivity index (χ3v) is 6.85. The molecule has 1 aromatic carbocycles. The molecule has 0 aliphatic carbocycles. The third-order valence-electron chi connectivity index (χ3n) is 4.68. The summed E-state index contributed by atoms with van der Waals surface area (Å²) in [4.78, 5) is 21.0. The van der Waals surface area contributed by atoms with Crippen LogP contribution in [0.2, 0.25) is 0 Å². The molecule has 0 radical (unpaired) electrons. The first kappa shape index (κ1) is 19.3. The number of likely N-dealkylation sites (tertiary alicyclic amines) is 1. The molecule has 2 aromatic rings. The summed E-state index contributed by atoms with van der Waals surface area (Å²) >= 11 is 0. The number of hydrogen-bond acceptors (Lipinski definition) is 7. The Morgan fingerprint density at radius 2 is 1.93 bits per heavy atom. The Bertz CT molecular complexity index is 919. The lowest BCUT2D eigenvalue weighted by molar-refractivity contribution is 0.0710. The zero-order valence-corrected chi connectivity index (χ0v) is 16.7. The van der Waals surface area contributed by atoms with Crippen LogP contribution in [0.5, 0.6) is 0 Å². The maximum absolute atomic E-state index is 12.9. The molecule has 146 valence electrons. The highest BCUT2D eigenvalue weighted by Crippen LogP contribution is 2.33. The van der Waals surface area contributed by atoms with Crippen molar-refractivity contribution in [2.75, 3.05) is 25.5 Å². The molecule has 2 heterocycles. The number of carbonyl (C=O) groups is 1. The normalized spacial score (nSPS) is 17.5. The third kappa shape index (κ3) is 3.69. The van der Waals surface area contributed by atoms with Crippen molar-refractivity contribution in [3.05, 3.63) is 35.7 Å². The van der Waals surface area contributed by atoms with Crippen molar-refractivity contribution in [1.82, 2.24) is 15.0 Å². The molecule has 1 unspecified atom stereocenters. The van der Waals surface area contributed by atoms with Crippen molar-refractivity contribution >= 4 is 21.7 Å². The lowest BCUT2D eigenvalue weighted by Crippen LogP contribution is -2.30. The maximum Gasteiger partial charge on any atom is 0.265 e. The molecule has 0 N–H and O–H groups in total. The Kier molecular flexibility index (Phi) is 5.23. The summed E-state index contributed by atoms with van der Waals surface area (Å²) in [6.07, 6.45) is 1.59. The fraction of sp³-hybridized carbons (Fsp3) is 0.500. The molecular weight excluding hydrogens is 368 g/mol. The second-order valence-corrected chi connectivity index (χ2v) is 9.61. The Balaban J connectivity index is 1.82. The minimum Gasteiger partial charge on any atom is -0.344 e. The van der Waals surface area contributed by atoms with E-state index in [1.807, 2.05) is 14.1 Å². The molecular formula is C18H24N4O4S. The zero-order chi connectivity index (χ0) is 19.8. The van der Waals surface area contributed by atoms with Gasteiger partial charge in [-0.15, -0.1) is 0 Å². The highest BCUT2D eigenvalue weighted by atomic mass is 32.2. The summed E-state index contributed by atoms with van der Waals surface area (Å²) in [6.45, 7) is 3.86. The number of aromatic nitrogens is 2. The van der Waals surface area contributed by atoms with E-state index in [0.717, 1.165) is 12.8 Å². The average Bonchev–Trinajstić information content (AvgIpc) is 3.30. The molecule has 3 rings (SSSR count). The van der Waals surface area contributed by atoms with E-state index in [2.05, 4.69) is 10.1 Å². The predicted molar refractivity (Wildman–Crippen MR) is 100 cm³/mol. The van der Waals surface area contributed by atoms with E-state index in [0.29, 0.717) is 23.9 Å². The van der Waals surface area contributed by atoms with Crippen molar-refractivity contribution in [3.63, 3.8) is 0 Å². The van der Waals surface area contributed by atoms with Crippen molar-refractivity contribution in [2.45, 2.75) is 42.9 Å². The van der Waals surface area contributed by atoms with Gasteiger partial charge in [-0.2, -0.15) is 4.98 Å². The van der Waals surface area contributed by atoms with Crippen LogP contribution in [0, 0.1) is 0 Å². The number of rotatable bonds is 5. The fourth-order valence-corrected chi connectivity index (χ4v) is 4.10. The molecule has 1 aliphatic heterocycles. The van der Waals surface area contributed by atoms with Gasteiger partial charge in [0.05, 0.1) is 10.1 Å². The Morgan fingerprint density at radius 3 is 2.48 bits per heavy atom. The first-order chi connectivity index (χ1) is 12.7. The van der Waals surface area contributed by atoms with Crippen LogP contribution < -0.4 is 4.90 Å². The highest BCUT2D eigenvalue weighted by Gasteiger charge is 2.34. The van der Waals surface area contributed by atoms with Gasteiger partial charge >= 0.3 is 0 Å². The van der Waals surface area contributed by atoms with Crippen LogP contribution in [-0.2, 0) is 9.84 Å². The summed E-state index contributed by atoms with van der Waals surface area (Å²) in [5.41, 5.74) is 0.442. The van der Waals surface area contributed by atoms with E-state index in [1.54, 1.807) is 35.8 Å². The highest BCUT2D eigenvalue weighted by molar-refractivity contribution is 7.92. The number of carbonyl (C=O) groups excluding carboxylic acids is 1. The number of nitrogens with zero attached hydrogens (tertiary/aromatic N) is 4. The van der Waals surface area contributed by atoms with E-state index < -0.39 is 15.1 Å². The SMILES string of the molecule is CC(C)S(=O)(=O)c1ccc(C(=O)N2CCCC2c2nc(N(C)C)no2)cc1. The summed E-state index contributed by atoms with van der Waals surface area (Å²) < 4.78 is 29.8. The first-order valence-electron chi connectivity index (χ1n) is 8.87. The maximum atomic E-state index is 12.9. The summed E-state index contributed by atoms with van der Waals surface area (Å²) in [5.74, 6) is 0.715. The first-order valence-corrected chi connectivity index (χ1v) is 10.4. The molecule has 8 nitrogen and oxygen atoms in total. The summed E-state index contributed by atoms with van der Waals surface area (Å²) in [6, 6.07) is 5.84. The largest absolute Gasteiger partial charge is 0.344 e. The monoisotopic (exact) mass is 392 g/mol. The van der Waals surface area contributed by atoms with Crippen LogP contribution in [0.1, 0.15) is 49.0 Å². The molecule has 1 atom stereocenters. The van der Waals surface area contributed by atoms with E-state index >= 15 is 0 Å². The number of benzene rings is 1. The molecule has 1 aliphatic rings. The Labute approximate surface area is 159 Å². The molecule has 27 heavy (non-hydrogen) atoms. The van der Waals surface area contributed by atoms with E-state index in [1.165, 1.54) is 12.1 Å². The Hall–Kier alpha value is -2.42. The van der Waals surface area contributed by atoms with Crippen molar-refractivity contribution in [2.24, 2.45) is 0 Å². The quantitative estimate of drug-likeness (QED) is 0.770. The van der Waals surface area contributed by atoms with Crippen molar-refractivity contribution in [1.29, 1.82) is 0 Å². The second-order valence-electron chi connectivity index (χ2n) is 7.10. The molecule has 1 saturated heterocycles. The molecule has 9 heteroatoms. The minimum absolute atomic E-state index is 0.171. The van der Waals surface area contributed by atoms with Gasteiger partial charge in [0.25, 0.3) is 17.7 Å². The predicted octanol–water partition coefficient (Wildman–Crippen LogP) is 2.30. The number of anilines is 1. The van der Waals surface area contributed by atoms with Crippen LogP contribution >= 0.6 is 0 Å². The lowest BCUT2D eigenvalue weighted by Gasteiger charge is -2.22. The van der Waals surface area contributed by atoms with E-state index in [-0.39, 0.29) is 16.8 Å². The van der Waals surface area contributed by atoms with Gasteiger partial charge in [-0.25, -0.2) is 8.42 Å². The smallest absolute Gasteiger partial charge is 0.265 e. The van der Waals surface area contributed by atoms with Crippen LogP contribution in [-0.4, -0.2) is 55.3 Å². The van der Waals surface area contributed by atoms with Crippen LogP contribution in [0.15, 0.2) is 33.7 Å². The standard InChI is InChI=1S/C18H24N4O4S/c1-12(2)27(24,25)14-9-7-13(8-10-14)17(23)22-11-5-6-15(22)16-19-18(20-26-16)21(3)4/h7-10,12,15H,5-6,11H2,1-4H3. The van der Waals surface area contributed by atoms with Crippen LogP contribution in [0.4, 0.5) is 5.95 Å². The average molecular weight is 392 g/mol. The Morgan fingerprint density at radius 1 is 1.26 bits per heavy atom. The fourth-order valence-electron chi connectivity index (χ4n) is 3.04. The van der Waals surface area contributed by atoms with Gasteiger partial charge in [-0.3, -0.25) is 4.79 Å². The molecule has 1 aromatic heterocycles. The van der Waals surface area contributed by atoms with Crippen molar-refractivity contribution in [3.8, 4) is 0 Å². The van der Waals surface area contributed by atoms with Gasteiger partial charge in [0.1, 0.15) is 6.04 Å². The van der Waals surface area contributed by atoms with E-state index in [9.17, 15) is 13.2 Å². The van der Waals surface area contributed by atoms with Gasteiger partial charge < -0.3 is 14.3 Å². The van der Waals surface area contributed by atoms with Gasteiger partial charge in [-0.1, -0.05) is 0 Å². The molecule has 0 spiro atoms. The number of amides is 1. The van der Waals surface area contributed by atoms with Crippen molar-refractivity contribution < 1.29 is 17.7 Å².